The predicted octanol–water partition coefficient (Wildman–Crippen LogP) is 3.32. The van der Waals surface area contributed by atoms with Crippen LogP contribution in [0.1, 0.15) is 54.4 Å². The lowest BCUT2D eigenvalue weighted by molar-refractivity contribution is 0.0132. The Balaban J connectivity index is 2.21. The van der Waals surface area contributed by atoms with E-state index in [9.17, 15) is 4.79 Å². The molecule has 1 aliphatic carbocycles. The smallest absolute Gasteiger partial charge is 0.410 e. The Hall–Kier alpha value is -1.03. The van der Waals surface area contributed by atoms with Gasteiger partial charge in [-0.3, -0.25) is 0 Å². The number of ether oxygens (including phenoxy) is 1. The number of nitrogens with zero attached hydrogens (tertiary/aromatic N) is 1. The molecule has 0 aromatic carbocycles. The molecule has 1 heterocycles. The SMILES string of the molecule is CC(C)(C)OC(=O)N1CC=C2C(C)(CCC(N)C2(C)C)C1. The summed E-state index contributed by atoms with van der Waals surface area (Å²) in [6.07, 6.45) is 4.02. The van der Waals surface area contributed by atoms with E-state index < -0.39 is 5.60 Å². The fraction of sp³-hybridized carbons (Fsp3) is 0.824. The van der Waals surface area contributed by atoms with Gasteiger partial charge in [0.25, 0.3) is 0 Å². The number of carbonyl (C=O) groups excluding carboxylic acids is 1. The van der Waals surface area contributed by atoms with Gasteiger partial charge >= 0.3 is 6.09 Å². The number of rotatable bonds is 0. The molecule has 1 saturated carbocycles. The van der Waals surface area contributed by atoms with Crippen LogP contribution >= 0.6 is 0 Å². The Morgan fingerprint density at radius 2 is 2.00 bits per heavy atom. The zero-order valence-electron chi connectivity index (χ0n) is 14.3. The van der Waals surface area contributed by atoms with Crippen molar-refractivity contribution in [2.45, 2.75) is 66.0 Å². The highest BCUT2D eigenvalue weighted by Crippen LogP contribution is 2.51. The summed E-state index contributed by atoms with van der Waals surface area (Å²) < 4.78 is 5.51. The minimum absolute atomic E-state index is 0.00697. The lowest BCUT2D eigenvalue weighted by atomic mass is 9.57. The van der Waals surface area contributed by atoms with Crippen LogP contribution < -0.4 is 5.73 Å². The molecule has 0 saturated heterocycles. The molecule has 1 aliphatic heterocycles. The van der Waals surface area contributed by atoms with Crippen LogP contribution in [0.5, 0.6) is 0 Å². The minimum atomic E-state index is -0.448. The van der Waals surface area contributed by atoms with Gasteiger partial charge in [-0.1, -0.05) is 32.4 Å². The summed E-state index contributed by atoms with van der Waals surface area (Å²) in [5, 5.41) is 0. The van der Waals surface area contributed by atoms with E-state index in [-0.39, 0.29) is 23.0 Å². The van der Waals surface area contributed by atoms with Crippen LogP contribution in [0, 0.1) is 10.8 Å². The molecular formula is C17H30N2O2. The van der Waals surface area contributed by atoms with Gasteiger partial charge in [0.1, 0.15) is 5.60 Å². The summed E-state index contributed by atoms with van der Waals surface area (Å²) >= 11 is 0. The summed E-state index contributed by atoms with van der Waals surface area (Å²) in [4.78, 5) is 14.1. The van der Waals surface area contributed by atoms with E-state index in [1.54, 1.807) is 0 Å². The average Bonchev–Trinajstić information content (AvgIpc) is 2.32. The van der Waals surface area contributed by atoms with Crippen molar-refractivity contribution in [2.75, 3.05) is 13.1 Å². The van der Waals surface area contributed by atoms with Gasteiger partial charge in [0.05, 0.1) is 0 Å². The fourth-order valence-electron chi connectivity index (χ4n) is 3.77. The van der Waals surface area contributed by atoms with Gasteiger partial charge < -0.3 is 15.4 Å². The van der Waals surface area contributed by atoms with E-state index in [1.807, 2.05) is 25.7 Å². The largest absolute Gasteiger partial charge is 0.444 e. The lowest BCUT2D eigenvalue weighted by Gasteiger charge is -2.53. The maximum absolute atomic E-state index is 12.3. The molecule has 0 aromatic rings. The topological polar surface area (TPSA) is 55.6 Å². The number of hydrogen-bond donors (Lipinski definition) is 1. The van der Waals surface area contributed by atoms with E-state index in [1.165, 1.54) is 5.57 Å². The third-order valence-corrected chi connectivity index (χ3v) is 4.99. The quantitative estimate of drug-likeness (QED) is 0.697. The standard InChI is InChI=1S/C17H30N2O2/c1-15(2,3)21-14(20)19-10-8-12-16(4,5)13(18)7-9-17(12,6)11-19/h8,13H,7,9-11,18H2,1-6H3. The first-order valence-electron chi connectivity index (χ1n) is 7.90. The Bertz CT molecular complexity index is 462. The van der Waals surface area contributed by atoms with Crippen LogP contribution in [0.15, 0.2) is 11.6 Å². The molecule has 0 aromatic heterocycles. The predicted molar refractivity (Wildman–Crippen MR) is 85.0 cm³/mol. The molecule has 2 N–H and O–H groups in total. The summed E-state index contributed by atoms with van der Waals surface area (Å²) in [5.41, 5.74) is 7.30. The van der Waals surface area contributed by atoms with Crippen molar-refractivity contribution >= 4 is 6.09 Å². The van der Waals surface area contributed by atoms with E-state index in [4.69, 9.17) is 10.5 Å². The molecule has 2 rings (SSSR count). The molecule has 4 heteroatoms. The summed E-state index contributed by atoms with van der Waals surface area (Å²) in [6.45, 7) is 13.8. The first-order valence-corrected chi connectivity index (χ1v) is 7.90. The van der Waals surface area contributed by atoms with Crippen molar-refractivity contribution < 1.29 is 9.53 Å². The normalized spacial score (nSPS) is 32.2. The zero-order valence-corrected chi connectivity index (χ0v) is 14.3. The van der Waals surface area contributed by atoms with Crippen molar-refractivity contribution in [3.8, 4) is 0 Å². The second kappa shape index (κ2) is 5.01. The minimum Gasteiger partial charge on any atom is -0.444 e. The van der Waals surface area contributed by atoms with Crippen LogP contribution in [0.25, 0.3) is 0 Å². The summed E-state index contributed by atoms with van der Waals surface area (Å²) in [6, 6.07) is 0.199. The molecule has 0 radical (unpaired) electrons. The number of nitrogens with two attached hydrogens (primary N) is 1. The van der Waals surface area contributed by atoms with Crippen molar-refractivity contribution in [1.82, 2.24) is 4.90 Å². The summed E-state index contributed by atoms with van der Waals surface area (Å²) in [5.74, 6) is 0. The van der Waals surface area contributed by atoms with Gasteiger partial charge in [0.2, 0.25) is 0 Å². The third kappa shape index (κ3) is 3.10. The second-order valence-corrected chi connectivity index (χ2v) is 8.41. The molecule has 0 bridgehead atoms. The van der Waals surface area contributed by atoms with E-state index in [2.05, 4.69) is 26.8 Å². The third-order valence-electron chi connectivity index (χ3n) is 4.99. The Morgan fingerprint density at radius 1 is 1.38 bits per heavy atom. The van der Waals surface area contributed by atoms with Gasteiger partial charge in [-0.2, -0.15) is 0 Å². The van der Waals surface area contributed by atoms with Gasteiger partial charge in [0, 0.05) is 30.0 Å². The van der Waals surface area contributed by atoms with Gasteiger partial charge in [-0.15, -0.1) is 0 Å². The Labute approximate surface area is 128 Å². The van der Waals surface area contributed by atoms with Crippen LogP contribution in [-0.4, -0.2) is 35.7 Å². The molecular weight excluding hydrogens is 264 g/mol. The number of amides is 1. The number of carbonyl (C=O) groups is 1. The molecule has 2 atom stereocenters. The number of hydrogen-bond acceptors (Lipinski definition) is 3. The molecule has 2 aliphatic rings. The lowest BCUT2D eigenvalue weighted by Crippen LogP contribution is -2.55. The summed E-state index contributed by atoms with van der Waals surface area (Å²) in [7, 11) is 0. The van der Waals surface area contributed by atoms with Crippen molar-refractivity contribution in [3.05, 3.63) is 11.6 Å². The van der Waals surface area contributed by atoms with E-state index in [0.29, 0.717) is 6.54 Å². The van der Waals surface area contributed by atoms with Crippen molar-refractivity contribution in [3.63, 3.8) is 0 Å². The monoisotopic (exact) mass is 294 g/mol. The highest BCUT2D eigenvalue weighted by Gasteiger charge is 2.48. The Kier molecular flexibility index (Phi) is 3.90. The fourth-order valence-corrected chi connectivity index (χ4v) is 3.77. The first-order chi connectivity index (χ1) is 9.46. The van der Waals surface area contributed by atoms with E-state index >= 15 is 0 Å². The highest BCUT2D eigenvalue weighted by atomic mass is 16.6. The molecule has 1 fully saturated rings. The average molecular weight is 294 g/mol. The van der Waals surface area contributed by atoms with Crippen LogP contribution in [-0.2, 0) is 4.74 Å². The van der Waals surface area contributed by atoms with Gasteiger partial charge in [-0.05, 0) is 33.6 Å². The van der Waals surface area contributed by atoms with E-state index in [0.717, 1.165) is 19.4 Å². The van der Waals surface area contributed by atoms with Gasteiger partial charge in [0.15, 0.2) is 0 Å². The first kappa shape index (κ1) is 16.3. The maximum atomic E-state index is 12.3. The van der Waals surface area contributed by atoms with Crippen molar-refractivity contribution in [1.29, 1.82) is 0 Å². The van der Waals surface area contributed by atoms with Crippen LogP contribution in [0.4, 0.5) is 4.79 Å². The molecule has 1 amide bonds. The number of fused-ring (bicyclic) bond motifs is 1. The van der Waals surface area contributed by atoms with Gasteiger partial charge in [-0.25, -0.2) is 4.79 Å². The molecule has 21 heavy (non-hydrogen) atoms. The van der Waals surface area contributed by atoms with Crippen LogP contribution in [0.3, 0.4) is 0 Å². The molecule has 4 nitrogen and oxygen atoms in total. The highest BCUT2D eigenvalue weighted by molar-refractivity contribution is 5.69. The molecule has 0 spiro atoms. The Morgan fingerprint density at radius 3 is 2.57 bits per heavy atom. The molecule has 2 unspecified atom stereocenters. The molecule has 120 valence electrons. The second-order valence-electron chi connectivity index (χ2n) is 8.41. The zero-order chi connectivity index (χ0) is 16.1. The maximum Gasteiger partial charge on any atom is 0.410 e. The van der Waals surface area contributed by atoms with Crippen molar-refractivity contribution in [2.24, 2.45) is 16.6 Å². The van der Waals surface area contributed by atoms with Crippen LogP contribution in [0.2, 0.25) is 0 Å².